The SMILES string of the molecule is N#CC1(Cc2ccccc2)CCC2=C(c3ccc(Br)cc3)C(=O)NC21. The van der Waals surface area contributed by atoms with Crippen LogP contribution in [0.5, 0.6) is 0 Å². The number of nitrogens with one attached hydrogen (secondary N) is 1. The number of hydrogen-bond acceptors (Lipinski definition) is 2. The van der Waals surface area contributed by atoms with Gasteiger partial charge in [-0.25, -0.2) is 0 Å². The van der Waals surface area contributed by atoms with E-state index >= 15 is 0 Å². The summed E-state index contributed by atoms with van der Waals surface area (Å²) in [5, 5.41) is 13.1. The van der Waals surface area contributed by atoms with Crippen molar-refractivity contribution in [3.05, 3.63) is 75.8 Å². The molecule has 4 rings (SSSR count). The van der Waals surface area contributed by atoms with Crippen LogP contribution in [0.3, 0.4) is 0 Å². The third kappa shape index (κ3) is 2.69. The predicted molar refractivity (Wildman–Crippen MR) is 100 cm³/mol. The fraction of sp³-hybridized carbons (Fsp3) is 0.238. The molecule has 3 nitrogen and oxygen atoms in total. The second kappa shape index (κ2) is 6.16. The third-order valence-electron chi connectivity index (χ3n) is 5.28. The molecule has 0 radical (unpaired) electrons. The van der Waals surface area contributed by atoms with Gasteiger partial charge in [-0.05, 0) is 48.1 Å². The fourth-order valence-corrected chi connectivity index (χ4v) is 4.33. The van der Waals surface area contributed by atoms with Gasteiger partial charge in [0.05, 0.1) is 17.5 Å². The summed E-state index contributed by atoms with van der Waals surface area (Å²) in [5.74, 6) is -0.0605. The second-order valence-corrected chi connectivity index (χ2v) is 7.66. The van der Waals surface area contributed by atoms with Crippen molar-refractivity contribution in [3.8, 4) is 6.07 Å². The number of halogens is 1. The Hall–Kier alpha value is -2.38. The molecule has 124 valence electrons. The summed E-state index contributed by atoms with van der Waals surface area (Å²) in [7, 11) is 0. The summed E-state index contributed by atoms with van der Waals surface area (Å²) >= 11 is 3.43. The van der Waals surface area contributed by atoms with Crippen molar-refractivity contribution in [3.63, 3.8) is 0 Å². The van der Waals surface area contributed by atoms with Crippen molar-refractivity contribution >= 4 is 27.4 Å². The van der Waals surface area contributed by atoms with E-state index in [4.69, 9.17) is 0 Å². The molecule has 2 aromatic rings. The van der Waals surface area contributed by atoms with Crippen LogP contribution in [0.4, 0.5) is 0 Å². The van der Waals surface area contributed by atoms with Gasteiger partial charge in [-0.15, -0.1) is 0 Å². The van der Waals surface area contributed by atoms with E-state index in [1.54, 1.807) is 0 Å². The van der Waals surface area contributed by atoms with E-state index in [2.05, 4.69) is 27.3 Å². The van der Waals surface area contributed by atoms with E-state index in [0.717, 1.165) is 39.6 Å². The molecule has 0 spiro atoms. The van der Waals surface area contributed by atoms with Gasteiger partial charge in [0.15, 0.2) is 0 Å². The molecular weight excluding hydrogens is 376 g/mol. The molecule has 2 unspecified atom stereocenters. The lowest BCUT2D eigenvalue weighted by Gasteiger charge is -2.27. The molecule has 1 amide bonds. The Morgan fingerprint density at radius 1 is 1.16 bits per heavy atom. The molecule has 2 aromatic carbocycles. The second-order valence-electron chi connectivity index (χ2n) is 6.74. The van der Waals surface area contributed by atoms with Crippen molar-refractivity contribution in [2.45, 2.75) is 25.3 Å². The minimum absolute atomic E-state index is 0.0605. The fourth-order valence-electron chi connectivity index (χ4n) is 4.07. The average molecular weight is 393 g/mol. The molecule has 1 aliphatic carbocycles. The molecule has 2 aliphatic rings. The van der Waals surface area contributed by atoms with Crippen molar-refractivity contribution < 1.29 is 4.79 Å². The number of carbonyl (C=O) groups is 1. The van der Waals surface area contributed by atoms with Gasteiger partial charge in [-0.1, -0.05) is 58.4 Å². The van der Waals surface area contributed by atoms with Crippen LogP contribution in [0.15, 0.2) is 64.6 Å². The molecule has 2 atom stereocenters. The van der Waals surface area contributed by atoms with Crippen LogP contribution in [-0.2, 0) is 11.2 Å². The van der Waals surface area contributed by atoms with Crippen molar-refractivity contribution in [1.82, 2.24) is 5.32 Å². The van der Waals surface area contributed by atoms with Crippen LogP contribution in [-0.4, -0.2) is 11.9 Å². The lowest BCUT2D eigenvalue weighted by atomic mass is 9.78. The van der Waals surface area contributed by atoms with E-state index < -0.39 is 5.41 Å². The molecular formula is C21H17BrN2O. The third-order valence-corrected chi connectivity index (χ3v) is 5.81. The number of fused-ring (bicyclic) bond motifs is 1. The number of carbonyl (C=O) groups excluding carboxylic acids is 1. The van der Waals surface area contributed by atoms with E-state index in [9.17, 15) is 10.1 Å². The zero-order chi connectivity index (χ0) is 17.4. The maximum Gasteiger partial charge on any atom is 0.252 e. The molecule has 0 bridgehead atoms. The summed E-state index contributed by atoms with van der Waals surface area (Å²) in [6.07, 6.45) is 2.22. The summed E-state index contributed by atoms with van der Waals surface area (Å²) < 4.78 is 0.985. The summed E-state index contributed by atoms with van der Waals surface area (Å²) in [5.41, 5.74) is 3.33. The number of nitriles is 1. The molecule has 0 aromatic heterocycles. The first-order valence-electron chi connectivity index (χ1n) is 8.38. The van der Waals surface area contributed by atoms with Crippen LogP contribution in [0.2, 0.25) is 0 Å². The number of nitrogens with zero attached hydrogens (tertiary/aromatic N) is 1. The van der Waals surface area contributed by atoms with Crippen LogP contribution in [0.1, 0.15) is 24.0 Å². The van der Waals surface area contributed by atoms with Crippen LogP contribution in [0, 0.1) is 16.7 Å². The maximum atomic E-state index is 12.6. The number of hydrogen-bond donors (Lipinski definition) is 1. The van der Waals surface area contributed by atoms with Gasteiger partial charge in [0, 0.05) is 10.0 Å². The van der Waals surface area contributed by atoms with E-state index in [1.165, 1.54) is 0 Å². The Labute approximate surface area is 155 Å². The number of rotatable bonds is 3. The molecule has 1 fully saturated rings. The summed E-state index contributed by atoms with van der Waals surface area (Å²) in [6.45, 7) is 0. The monoisotopic (exact) mass is 392 g/mol. The van der Waals surface area contributed by atoms with Crippen LogP contribution < -0.4 is 5.32 Å². The standard InChI is InChI=1S/C21H17BrN2O/c22-16-8-6-15(7-9-16)18-17-10-11-21(13-23,19(17)24-20(18)25)12-14-4-2-1-3-5-14/h1-9,19H,10-12H2,(H,24,25). The predicted octanol–water partition coefficient (Wildman–Crippen LogP) is 4.25. The normalized spacial score (nSPS) is 24.8. The molecule has 1 saturated carbocycles. The Bertz CT molecular complexity index is 896. The van der Waals surface area contributed by atoms with Crippen molar-refractivity contribution in [1.29, 1.82) is 5.26 Å². The Kier molecular flexibility index (Phi) is 3.97. The first-order valence-corrected chi connectivity index (χ1v) is 9.17. The molecule has 4 heteroatoms. The summed E-state index contributed by atoms with van der Waals surface area (Å²) in [6, 6.07) is 20.2. The Morgan fingerprint density at radius 2 is 1.88 bits per heavy atom. The van der Waals surface area contributed by atoms with E-state index in [-0.39, 0.29) is 11.9 Å². The quantitative estimate of drug-likeness (QED) is 0.848. The highest BCUT2D eigenvalue weighted by atomic mass is 79.9. The minimum atomic E-state index is -0.566. The zero-order valence-electron chi connectivity index (χ0n) is 13.6. The lowest BCUT2D eigenvalue weighted by Crippen LogP contribution is -2.41. The van der Waals surface area contributed by atoms with Gasteiger partial charge in [0.1, 0.15) is 0 Å². The lowest BCUT2D eigenvalue weighted by molar-refractivity contribution is -0.115. The average Bonchev–Trinajstić information content (AvgIpc) is 3.14. The first-order chi connectivity index (χ1) is 12.1. The maximum absolute atomic E-state index is 12.6. The van der Waals surface area contributed by atoms with Gasteiger partial charge in [0.25, 0.3) is 5.91 Å². The van der Waals surface area contributed by atoms with E-state index in [0.29, 0.717) is 6.42 Å². The van der Waals surface area contributed by atoms with Crippen molar-refractivity contribution in [2.24, 2.45) is 5.41 Å². The minimum Gasteiger partial charge on any atom is -0.344 e. The van der Waals surface area contributed by atoms with Crippen LogP contribution in [0.25, 0.3) is 5.57 Å². The first kappa shape index (κ1) is 16.1. The van der Waals surface area contributed by atoms with Gasteiger partial charge in [0.2, 0.25) is 0 Å². The highest BCUT2D eigenvalue weighted by Crippen LogP contribution is 2.49. The molecule has 1 heterocycles. The topological polar surface area (TPSA) is 52.9 Å². The van der Waals surface area contributed by atoms with Crippen LogP contribution >= 0.6 is 15.9 Å². The Balaban J connectivity index is 1.73. The van der Waals surface area contributed by atoms with Gasteiger partial charge < -0.3 is 5.32 Å². The highest BCUT2D eigenvalue weighted by molar-refractivity contribution is 9.10. The molecule has 1 aliphatic heterocycles. The molecule has 0 saturated heterocycles. The smallest absolute Gasteiger partial charge is 0.252 e. The molecule has 1 N–H and O–H groups in total. The largest absolute Gasteiger partial charge is 0.344 e. The van der Waals surface area contributed by atoms with E-state index in [1.807, 2.05) is 54.6 Å². The summed E-state index contributed by atoms with van der Waals surface area (Å²) in [4.78, 5) is 12.6. The number of benzene rings is 2. The van der Waals surface area contributed by atoms with Gasteiger partial charge in [-0.2, -0.15) is 5.26 Å². The van der Waals surface area contributed by atoms with Gasteiger partial charge in [-0.3, -0.25) is 4.79 Å². The van der Waals surface area contributed by atoms with Gasteiger partial charge >= 0.3 is 0 Å². The molecule has 25 heavy (non-hydrogen) atoms. The Morgan fingerprint density at radius 3 is 2.56 bits per heavy atom. The zero-order valence-corrected chi connectivity index (χ0v) is 15.2. The number of amides is 1. The highest BCUT2D eigenvalue weighted by Gasteiger charge is 2.51. The van der Waals surface area contributed by atoms with Crippen molar-refractivity contribution in [2.75, 3.05) is 0 Å².